The number of phenols is 1. The van der Waals surface area contributed by atoms with Crippen molar-refractivity contribution >= 4 is 29.2 Å². The van der Waals surface area contributed by atoms with Crippen LogP contribution < -0.4 is 5.73 Å². The number of rotatable bonds is 2. The lowest BCUT2D eigenvalue weighted by atomic mass is 10.1. The first kappa shape index (κ1) is 11.1. The number of hydrogen-bond acceptors (Lipinski definition) is 3. The highest BCUT2D eigenvalue weighted by Gasteiger charge is 2.21. The molecule has 6 heteroatoms. The van der Waals surface area contributed by atoms with Crippen molar-refractivity contribution in [1.82, 2.24) is 0 Å². The molecular weight excluding hydrogens is 229 g/mol. The van der Waals surface area contributed by atoms with Crippen LogP contribution in [0, 0.1) is 0 Å². The van der Waals surface area contributed by atoms with Gasteiger partial charge in [-0.25, -0.2) is 0 Å². The number of carboxylic acid groups (broad SMARTS) is 1. The molecule has 1 atom stereocenters. The molecule has 1 aromatic carbocycles. The van der Waals surface area contributed by atoms with E-state index in [1.54, 1.807) is 0 Å². The first-order valence-electron chi connectivity index (χ1n) is 3.59. The molecular formula is C8H7Cl2NO3. The molecule has 0 aliphatic carbocycles. The average Bonchev–Trinajstić information content (AvgIpc) is 2.01. The van der Waals surface area contributed by atoms with E-state index in [0.29, 0.717) is 0 Å². The Hall–Kier alpha value is -0.970. The number of nitrogens with two attached hydrogens (primary N) is 1. The largest absolute Gasteiger partial charge is 0.507 e. The summed E-state index contributed by atoms with van der Waals surface area (Å²) < 4.78 is 0. The lowest BCUT2D eigenvalue weighted by Crippen LogP contribution is -2.21. The number of halogens is 2. The van der Waals surface area contributed by atoms with E-state index in [1.165, 1.54) is 12.1 Å². The van der Waals surface area contributed by atoms with Crippen LogP contribution in [0.4, 0.5) is 0 Å². The standard InChI is InChI=1S/C8H7Cl2NO3/c9-3-1-4(10)6(5(12)2-3)7(11)8(13)14/h1-2,7,12H,11H2,(H,13,14)/t7-/m1/s1. The van der Waals surface area contributed by atoms with Gasteiger partial charge in [-0.3, -0.25) is 4.79 Å². The number of aliphatic carboxylic acids is 1. The average molecular weight is 236 g/mol. The minimum absolute atomic E-state index is 0.0323. The summed E-state index contributed by atoms with van der Waals surface area (Å²) >= 11 is 11.3. The lowest BCUT2D eigenvalue weighted by Gasteiger charge is -2.11. The van der Waals surface area contributed by atoms with Gasteiger partial charge in [0.2, 0.25) is 0 Å². The van der Waals surface area contributed by atoms with Crippen molar-refractivity contribution in [3.63, 3.8) is 0 Å². The van der Waals surface area contributed by atoms with Gasteiger partial charge in [-0.2, -0.15) is 0 Å². The van der Waals surface area contributed by atoms with Crippen LogP contribution in [0.5, 0.6) is 5.75 Å². The van der Waals surface area contributed by atoms with Crippen LogP contribution in [0.15, 0.2) is 12.1 Å². The second-order valence-electron chi connectivity index (χ2n) is 2.64. The smallest absolute Gasteiger partial charge is 0.325 e. The number of carbonyl (C=O) groups is 1. The molecule has 0 amide bonds. The van der Waals surface area contributed by atoms with Gasteiger partial charge in [0, 0.05) is 10.6 Å². The van der Waals surface area contributed by atoms with Gasteiger partial charge in [0.05, 0.1) is 5.02 Å². The highest BCUT2D eigenvalue weighted by molar-refractivity contribution is 6.35. The van der Waals surface area contributed by atoms with Gasteiger partial charge in [0.1, 0.15) is 11.8 Å². The highest BCUT2D eigenvalue weighted by atomic mass is 35.5. The predicted molar refractivity (Wildman–Crippen MR) is 52.7 cm³/mol. The van der Waals surface area contributed by atoms with Crippen LogP contribution >= 0.6 is 23.2 Å². The quantitative estimate of drug-likeness (QED) is 0.730. The maximum atomic E-state index is 10.6. The highest BCUT2D eigenvalue weighted by Crippen LogP contribution is 2.33. The predicted octanol–water partition coefficient (Wildman–Crippen LogP) is 1.78. The second kappa shape index (κ2) is 4.04. The van der Waals surface area contributed by atoms with Crippen molar-refractivity contribution in [3.05, 3.63) is 27.7 Å². The lowest BCUT2D eigenvalue weighted by molar-refractivity contribution is -0.138. The SMILES string of the molecule is N[C@@H](C(=O)O)c1c(O)cc(Cl)cc1Cl. The van der Waals surface area contributed by atoms with E-state index in [4.69, 9.17) is 34.0 Å². The molecule has 0 unspecified atom stereocenters. The zero-order valence-electron chi connectivity index (χ0n) is 6.87. The molecule has 4 N–H and O–H groups in total. The first-order valence-corrected chi connectivity index (χ1v) is 4.35. The molecule has 0 saturated carbocycles. The van der Waals surface area contributed by atoms with Crippen LogP contribution in [0.3, 0.4) is 0 Å². The molecule has 0 heterocycles. The monoisotopic (exact) mass is 235 g/mol. The Balaban J connectivity index is 3.27. The Bertz CT molecular complexity index is 358. The second-order valence-corrected chi connectivity index (χ2v) is 3.48. The molecule has 0 saturated heterocycles. The topological polar surface area (TPSA) is 83.6 Å². The first-order chi connectivity index (χ1) is 6.43. The van der Waals surface area contributed by atoms with Gasteiger partial charge in [0.25, 0.3) is 0 Å². The summed E-state index contributed by atoms with van der Waals surface area (Å²) in [5, 5.41) is 18.3. The van der Waals surface area contributed by atoms with Crippen molar-refractivity contribution in [1.29, 1.82) is 0 Å². The number of aromatic hydroxyl groups is 1. The molecule has 76 valence electrons. The van der Waals surface area contributed by atoms with E-state index in [9.17, 15) is 9.90 Å². The Kier molecular flexibility index (Phi) is 3.21. The fraction of sp³-hybridized carbons (Fsp3) is 0.125. The molecule has 1 rings (SSSR count). The van der Waals surface area contributed by atoms with Gasteiger partial charge in [-0.15, -0.1) is 0 Å². The van der Waals surface area contributed by atoms with Crippen LogP contribution in [-0.2, 0) is 4.79 Å². The van der Waals surface area contributed by atoms with Gasteiger partial charge in [-0.05, 0) is 12.1 Å². The Labute approximate surface area is 89.9 Å². The number of carboxylic acids is 1. The van der Waals surface area contributed by atoms with Gasteiger partial charge >= 0.3 is 5.97 Å². The summed E-state index contributed by atoms with van der Waals surface area (Å²) in [5.41, 5.74) is 5.26. The van der Waals surface area contributed by atoms with Crippen molar-refractivity contribution in [2.75, 3.05) is 0 Å². The zero-order valence-corrected chi connectivity index (χ0v) is 8.38. The molecule has 1 aromatic rings. The third kappa shape index (κ3) is 2.09. The van der Waals surface area contributed by atoms with E-state index in [1.807, 2.05) is 0 Å². The molecule has 0 radical (unpaired) electrons. The zero-order chi connectivity index (χ0) is 10.9. The summed E-state index contributed by atoms with van der Waals surface area (Å²) in [6.45, 7) is 0. The van der Waals surface area contributed by atoms with Gasteiger partial charge < -0.3 is 15.9 Å². The molecule has 0 bridgehead atoms. The minimum Gasteiger partial charge on any atom is -0.507 e. The van der Waals surface area contributed by atoms with Crippen molar-refractivity contribution in [3.8, 4) is 5.75 Å². The molecule has 0 spiro atoms. The van der Waals surface area contributed by atoms with E-state index in [0.717, 1.165) is 0 Å². The van der Waals surface area contributed by atoms with Crippen molar-refractivity contribution in [2.24, 2.45) is 5.73 Å². The molecule has 4 nitrogen and oxygen atoms in total. The maximum absolute atomic E-state index is 10.6. The van der Waals surface area contributed by atoms with Crippen LogP contribution in [0.2, 0.25) is 10.0 Å². The Morgan fingerprint density at radius 1 is 1.43 bits per heavy atom. The summed E-state index contributed by atoms with van der Waals surface area (Å²) in [4.78, 5) is 10.6. The van der Waals surface area contributed by atoms with Crippen molar-refractivity contribution < 1.29 is 15.0 Å². The summed E-state index contributed by atoms with van der Waals surface area (Å²) in [6, 6.07) is 1.15. The maximum Gasteiger partial charge on any atom is 0.325 e. The van der Waals surface area contributed by atoms with E-state index >= 15 is 0 Å². The number of phenolic OH excluding ortho intramolecular Hbond substituents is 1. The molecule has 0 aromatic heterocycles. The third-order valence-electron chi connectivity index (χ3n) is 1.65. The third-order valence-corrected chi connectivity index (χ3v) is 2.18. The van der Waals surface area contributed by atoms with E-state index < -0.39 is 12.0 Å². The van der Waals surface area contributed by atoms with Gasteiger partial charge in [-0.1, -0.05) is 23.2 Å². The van der Waals surface area contributed by atoms with Crippen LogP contribution in [-0.4, -0.2) is 16.2 Å². The fourth-order valence-corrected chi connectivity index (χ4v) is 1.60. The number of hydrogen-bond donors (Lipinski definition) is 3. The van der Waals surface area contributed by atoms with Crippen LogP contribution in [0.1, 0.15) is 11.6 Å². The number of benzene rings is 1. The Morgan fingerprint density at radius 3 is 2.43 bits per heavy atom. The van der Waals surface area contributed by atoms with Gasteiger partial charge in [0.15, 0.2) is 0 Å². The normalized spacial score (nSPS) is 12.5. The Morgan fingerprint density at radius 2 is 2.00 bits per heavy atom. The van der Waals surface area contributed by atoms with E-state index in [-0.39, 0.29) is 21.4 Å². The summed E-state index contributed by atoms with van der Waals surface area (Å²) in [6.07, 6.45) is 0. The summed E-state index contributed by atoms with van der Waals surface area (Å²) in [7, 11) is 0. The molecule has 0 fully saturated rings. The summed E-state index contributed by atoms with van der Waals surface area (Å²) in [5.74, 6) is -1.60. The fourth-order valence-electron chi connectivity index (χ4n) is 1.00. The molecule has 0 aliphatic rings. The van der Waals surface area contributed by atoms with Crippen LogP contribution in [0.25, 0.3) is 0 Å². The molecule has 14 heavy (non-hydrogen) atoms. The minimum atomic E-state index is -1.36. The molecule has 0 aliphatic heterocycles. The van der Waals surface area contributed by atoms with Crippen molar-refractivity contribution in [2.45, 2.75) is 6.04 Å². The van der Waals surface area contributed by atoms with E-state index in [2.05, 4.69) is 0 Å².